The van der Waals surface area contributed by atoms with E-state index in [0.717, 1.165) is 37.4 Å². The van der Waals surface area contributed by atoms with Gasteiger partial charge in [-0.1, -0.05) is 0 Å². The molecule has 0 radical (unpaired) electrons. The Morgan fingerprint density at radius 2 is 2.00 bits per heavy atom. The van der Waals surface area contributed by atoms with Crippen molar-refractivity contribution in [2.45, 2.75) is 45.2 Å². The van der Waals surface area contributed by atoms with Crippen LogP contribution in [0, 0.1) is 0 Å². The molecular weight excluding hydrogens is 220 g/mol. The lowest BCUT2D eigenvalue weighted by atomic mass is 10.1. The van der Waals surface area contributed by atoms with Crippen LogP contribution in [0.3, 0.4) is 0 Å². The second-order valence-corrected chi connectivity index (χ2v) is 6.70. The molecule has 96 valence electrons. The summed E-state index contributed by atoms with van der Waals surface area (Å²) >= 11 is 0. The van der Waals surface area contributed by atoms with Gasteiger partial charge in [-0.25, -0.2) is 0 Å². The minimum absolute atomic E-state index is 0.530. The summed E-state index contributed by atoms with van der Waals surface area (Å²) in [5, 5.41) is 3.58. The van der Waals surface area contributed by atoms with E-state index in [2.05, 4.69) is 31.1 Å². The van der Waals surface area contributed by atoms with Crippen molar-refractivity contribution in [1.82, 2.24) is 10.2 Å². The van der Waals surface area contributed by atoms with Crippen LogP contribution in [0.25, 0.3) is 0 Å². The zero-order valence-electron chi connectivity index (χ0n) is 10.9. The molecule has 1 N–H and O–H groups in total. The Balaban J connectivity index is 2.01. The summed E-state index contributed by atoms with van der Waals surface area (Å²) in [6.45, 7) is 6.70. The van der Waals surface area contributed by atoms with Crippen LogP contribution in [0.5, 0.6) is 0 Å². The Morgan fingerprint density at radius 3 is 2.56 bits per heavy atom. The molecule has 0 aromatic rings. The SMILES string of the molecule is CC(C)N(C)CCCNC1CCS(=O)CC1. The van der Waals surface area contributed by atoms with Crippen LogP contribution in [0.15, 0.2) is 0 Å². The van der Waals surface area contributed by atoms with Gasteiger partial charge in [-0.15, -0.1) is 0 Å². The second-order valence-electron chi connectivity index (χ2n) is 5.00. The molecule has 4 heteroatoms. The summed E-state index contributed by atoms with van der Waals surface area (Å²) in [4.78, 5) is 2.37. The number of hydrogen-bond acceptors (Lipinski definition) is 3. The largest absolute Gasteiger partial charge is 0.314 e. The quantitative estimate of drug-likeness (QED) is 0.715. The van der Waals surface area contributed by atoms with Crippen LogP contribution >= 0.6 is 0 Å². The molecule has 1 heterocycles. The lowest BCUT2D eigenvalue weighted by molar-refractivity contribution is 0.267. The van der Waals surface area contributed by atoms with Gasteiger partial charge in [-0.3, -0.25) is 4.21 Å². The summed E-state index contributed by atoms with van der Waals surface area (Å²) in [7, 11) is 1.65. The van der Waals surface area contributed by atoms with Crippen LogP contribution < -0.4 is 5.32 Å². The van der Waals surface area contributed by atoms with Gasteiger partial charge >= 0.3 is 0 Å². The highest BCUT2D eigenvalue weighted by Crippen LogP contribution is 2.08. The molecular formula is C12H26N2OS. The van der Waals surface area contributed by atoms with Crippen molar-refractivity contribution in [1.29, 1.82) is 0 Å². The molecule has 1 aliphatic rings. The van der Waals surface area contributed by atoms with Crippen molar-refractivity contribution < 1.29 is 4.21 Å². The molecule has 0 aromatic heterocycles. The Kier molecular flexibility index (Phi) is 6.54. The maximum absolute atomic E-state index is 11.2. The molecule has 1 aliphatic heterocycles. The molecule has 1 saturated heterocycles. The Morgan fingerprint density at radius 1 is 1.38 bits per heavy atom. The van der Waals surface area contributed by atoms with Gasteiger partial charge in [0.05, 0.1) is 0 Å². The molecule has 1 rings (SSSR count). The average Bonchev–Trinajstić information content (AvgIpc) is 2.26. The lowest BCUT2D eigenvalue weighted by Gasteiger charge is -2.24. The first-order chi connectivity index (χ1) is 7.59. The fourth-order valence-corrected chi connectivity index (χ4v) is 3.19. The van der Waals surface area contributed by atoms with Gasteiger partial charge in [0, 0.05) is 34.4 Å². The van der Waals surface area contributed by atoms with E-state index >= 15 is 0 Å². The third-order valence-corrected chi connectivity index (χ3v) is 4.77. The Labute approximate surface area is 102 Å². The molecule has 0 atom stereocenters. The number of rotatable bonds is 6. The average molecular weight is 246 g/mol. The number of nitrogens with zero attached hydrogens (tertiary/aromatic N) is 1. The van der Waals surface area contributed by atoms with Crippen molar-refractivity contribution >= 4 is 10.8 Å². The third kappa shape index (κ3) is 5.41. The van der Waals surface area contributed by atoms with Crippen LogP contribution in [0.1, 0.15) is 33.1 Å². The first kappa shape index (κ1) is 14.1. The molecule has 3 nitrogen and oxygen atoms in total. The highest BCUT2D eigenvalue weighted by atomic mass is 32.2. The second kappa shape index (κ2) is 7.41. The summed E-state index contributed by atoms with van der Waals surface area (Å²) in [5.74, 6) is 1.78. The van der Waals surface area contributed by atoms with Crippen molar-refractivity contribution in [3.05, 3.63) is 0 Å². The smallest absolute Gasteiger partial charge is 0.0249 e. The van der Waals surface area contributed by atoms with Crippen LogP contribution in [0.2, 0.25) is 0 Å². The van der Waals surface area contributed by atoms with Crippen LogP contribution in [0.4, 0.5) is 0 Å². The highest BCUT2D eigenvalue weighted by Gasteiger charge is 2.16. The van der Waals surface area contributed by atoms with Gasteiger partial charge in [0.2, 0.25) is 0 Å². The predicted molar refractivity (Wildman–Crippen MR) is 71.3 cm³/mol. The van der Waals surface area contributed by atoms with Gasteiger partial charge in [0.25, 0.3) is 0 Å². The summed E-state index contributed by atoms with van der Waals surface area (Å²) in [5.41, 5.74) is 0. The predicted octanol–water partition coefficient (Wildman–Crippen LogP) is 1.22. The molecule has 1 fully saturated rings. The summed E-state index contributed by atoms with van der Waals surface area (Å²) < 4.78 is 11.2. The van der Waals surface area contributed by atoms with Gasteiger partial charge in [0.1, 0.15) is 0 Å². The Bertz CT molecular complexity index is 211. The minimum Gasteiger partial charge on any atom is -0.314 e. The van der Waals surface area contributed by atoms with Crippen LogP contribution in [-0.2, 0) is 10.8 Å². The zero-order valence-corrected chi connectivity index (χ0v) is 11.7. The fraction of sp³-hybridized carbons (Fsp3) is 1.00. The monoisotopic (exact) mass is 246 g/mol. The van der Waals surface area contributed by atoms with Crippen molar-refractivity contribution in [2.75, 3.05) is 31.6 Å². The van der Waals surface area contributed by atoms with Gasteiger partial charge in [-0.2, -0.15) is 0 Å². The molecule has 0 aliphatic carbocycles. The molecule has 0 saturated carbocycles. The maximum atomic E-state index is 11.2. The normalized spacial score (nSPS) is 26.6. The van der Waals surface area contributed by atoms with Crippen molar-refractivity contribution in [3.8, 4) is 0 Å². The molecule has 0 amide bonds. The molecule has 0 unspecified atom stereocenters. The van der Waals surface area contributed by atoms with E-state index in [1.807, 2.05) is 0 Å². The fourth-order valence-electron chi connectivity index (χ4n) is 1.89. The first-order valence-electron chi connectivity index (χ1n) is 6.38. The maximum Gasteiger partial charge on any atom is 0.0249 e. The molecule has 0 aromatic carbocycles. The molecule has 0 spiro atoms. The van der Waals surface area contributed by atoms with Gasteiger partial charge in [0.15, 0.2) is 0 Å². The minimum atomic E-state index is -0.530. The van der Waals surface area contributed by atoms with Crippen molar-refractivity contribution in [2.24, 2.45) is 0 Å². The molecule has 16 heavy (non-hydrogen) atoms. The van der Waals surface area contributed by atoms with E-state index in [4.69, 9.17) is 0 Å². The highest BCUT2D eigenvalue weighted by molar-refractivity contribution is 7.85. The van der Waals surface area contributed by atoms with Gasteiger partial charge in [-0.05, 0) is 53.2 Å². The van der Waals surface area contributed by atoms with Gasteiger partial charge < -0.3 is 10.2 Å². The summed E-state index contributed by atoms with van der Waals surface area (Å²) in [6.07, 6.45) is 3.38. The summed E-state index contributed by atoms with van der Waals surface area (Å²) in [6, 6.07) is 1.25. The van der Waals surface area contributed by atoms with Crippen LogP contribution in [-0.4, -0.2) is 52.8 Å². The van der Waals surface area contributed by atoms with E-state index in [1.54, 1.807) is 0 Å². The number of nitrogens with one attached hydrogen (secondary N) is 1. The zero-order chi connectivity index (χ0) is 12.0. The van der Waals surface area contributed by atoms with E-state index in [-0.39, 0.29) is 0 Å². The number of hydrogen-bond donors (Lipinski definition) is 1. The Hall–Kier alpha value is 0.0700. The lowest BCUT2D eigenvalue weighted by Crippen LogP contribution is -2.37. The standard InChI is InChI=1S/C12H26N2OS/c1-11(2)14(3)8-4-7-13-12-5-9-16(15)10-6-12/h11-13H,4-10H2,1-3H3. The first-order valence-corrected chi connectivity index (χ1v) is 7.87. The topological polar surface area (TPSA) is 32.3 Å². The van der Waals surface area contributed by atoms with E-state index < -0.39 is 10.8 Å². The third-order valence-electron chi connectivity index (χ3n) is 3.39. The molecule has 0 bridgehead atoms. The van der Waals surface area contributed by atoms with E-state index in [0.29, 0.717) is 12.1 Å². The van der Waals surface area contributed by atoms with Crippen molar-refractivity contribution in [3.63, 3.8) is 0 Å². The van der Waals surface area contributed by atoms with E-state index in [9.17, 15) is 4.21 Å². The van der Waals surface area contributed by atoms with E-state index in [1.165, 1.54) is 6.42 Å².